The molecule has 0 aliphatic carbocycles. The minimum Gasteiger partial charge on any atom is -0.347 e. The smallest absolute Gasteiger partial charge is 0.246 e. The van der Waals surface area contributed by atoms with Crippen LogP contribution in [0.25, 0.3) is 0 Å². The van der Waals surface area contributed by atoms with E-state index in [1.54, 1.807) is 11.0 Å². The van der Waals surface area contributed by atoms with Crippen molar-refractivity contribution < 1.29 is 14.4 Å². The molecule has 0 saturated carbocycles. The molecule has 0 spiro atoms. The molecule has 2 aromatic rings. The molecule has 1 aliphatic heterocycles. The second kappa shape index (κ2) is 8.16. The number of carbonyl (C=O) groups excluding carboxylic acids is 3. The monoisotopic (exact) mass is 364 g/mol. The second-order valence-corrected chi connectivity index (χ2v) is 6.92. The third-order valence-electron chi connectivity index (χ3n) is 5.03. The maximum atomic E-state index is 12.4. The molecule has 3 rings (SSSR count). The molecule has 0 unspecified atom stereocenters. The van der Waals surface area contributed by atoms with Gasteiger partial charge < -0.3 is 10.2 Å². The first-order chi connectivity index (χ1) is 13.0. The van der Waals surface area contributed by atoms with Gasteiger partial charge in [0.05, 0.1) is 6.54 Å². The summed E-state index contributed by atoms with van der Waals surface area (Å²) in [6, 6.07) is 13.3. The molecule has 140 valence electrons. The Kier molecular flexibility index (Phi) is 5.69. The largest absolute Gasteiger partial charge is 0.347 e. The molecule has 1 heterocycles. The zero-order chi connectivity index (χ0) is 19.4. The topological polar surface area (TPSA) is 66.5 Å². The van der Waals surface area contributed by atoms with Gasteiger partial charge in [-0.3, -0.25) is 14.4 Å². The van der Waals surface area contributed by atoms with Crippen molar-refractivity contribution >= 4 is 23.3 Å². The predicted octanol–water partition coefficient (Wildman–Crippen LogP) is 2.97. The minimum atomic E-state index is -0.284. The fraction of sp³-hybridized carbons (Fsp3) is 0.318. The summed E-state index contributed by atoms with van der Waals surface area (Å²) in [7, 11) is 0. The molecule has 0 bridgehead atoms. The lowest BCUT2D eigenvalue weighted by Gasteiger charge is -2.17. The number of nitrogens with one attached hydrogen (secondary N) is 1. The molecule has 0 aromatic heterocycles. The second-order valence-electron chi connectivity index (χ2n) is 6.92. The lowest BCUT2D eigenvalue weighted by Crippen LogP contribution is -2.39. The van der Waals surface area contributed by atoms with Crippen molar-refractivity contribution in [2.24, 2.45) is 0 Å². The molecular formula is C22H24N2O3. The molecule has 0 radical (unpaired) electrons. The summed E-state index contributed by atoms with van der Waals surface area (Å²) < 4.78 is 0. The van der Waals surface area contributed by atoms with Crippen LogP contribution in [0.4, 0.5) is 5.69 Å². The first-order valence-electron chi connectivity index (χ1n) is 9.21. The summed E-state index contributed by atoms with van der Waals surface area (Å²) in [6.07, 6.45) is 1.05. The highest BCUT2D eigenvalue weighted by atomic mass is 16.2. The van der Waals surface area contributed by atoms with Crippen LogP contribution in [0.2, 0.25) is 0 Å². The van der Waals surface area contributed by atoms with Gasteiger partial charge in [0.1, 0.15) is 0 Å². The highest BCUT2D eigenvalue weighted by Gasteiger charge is 2.24. The van der Waals surface area contributed by atoms with E-state index >= 15 is 0 Å². The molecule has 2 aromatic carbocycles. The normalized spacial score (nSPS) is 12.6. The van der Waals surface area contributed by atoms with Crippen molar-refractivity contribution in [3.63, 3.8) is 0 Å². The van der Waals surface area contributed by atoms with Gasteiger partial charge in [-0.15, -0.1) is 0 Å². The van der Waals surface area contributed by atoms with Crippen LogP contribution in [0, 0.1) is 13.8 Å². The van der Waals surface area contributed by atoms with Gasteiger partial charge in [-0.1, -0.05) is 30.3 Å². The van der Waals surface area contributed by atoms with Crippen LogP contribution in [-0.2, 0) is 16.0 Å². The maximum Gasteiger partial charge on any atom is 0.246 e. The van der Waals surface area contributed by atoms with Gasteiger partial charge in [0, 0.05) is 30.6 Å². The Bertz CT molecular complexity index is 889. The van der Waals surface area contributed by atoms with Gasteiger partial charge in [0.15, 0.2) is 5.78 Å². The van der Waals surface area contributed by atoms with Gasteiger partial charge in [-0.05, 0) is 49.1 Å². The number of amides is 2. The first kappa shape index (κ1) is 18.8. The Balaban J connectivity index is 1.46. The van der Waals surface area contributed by atoms with Gasteiger partial charge in [0.2, 0.25) is 11.8 Å². The van der Waals surface area contributed by atoms with E-state index in [1.165, 1.54) is 0 Å². The SMILES string of the molecule is Cc1ccc(C(=O)CCC(=O)NCC(=O)N2CCc3ccccc32)cc1C. The Morgan fingerprint density at radius 2 is 1.78 bits per heavy atom. The summed E-state index contributed by atoms with van der Waals surface area (Å²) in [5.41, 5.74) is 4.88. The van der Waals surface area contributed by atoms with E-state index in [0.29, 0.717) is 12.1 Å². The summed E-state index contributed by atoms with van der Waals surface area (Å²) in [5.74, 6) is -0.477. The number of nitrogens with zero attached hydrogens (tertiary/aromatic N) is 1. The van der Waals surface area contributed by atoms with Crippen molar-refractivity contribution in [3.05, 3.63) is 64.7 Å². The van der Waals surface area contributed by atoms with Crippen LogP contribution in [-0.4, -0.2) is 30.7 Å². The van der Waals surface area contributed by atoms with Crippen molar-refractivity contribution in [1.82, 2.24) is 5.32 Å². The molecule has 0 atom stereocenters. The van der Waals surface area contributed by atoms with E-state index in [0.717, 1.165) is 28.8 Å². The van der Waals surface area contributed by atoms with Crippen molar-refractivity contribution in [2.75, 3.05) is 18.0 Å². The Morgan fingerprint density at radius 3 is 2.56 bits per heavy atom. The molecule has 2 amide bonds. The van der Waals surface area contributed by atoms with E-state index in [2.05, 4.69) is 5.32 Å². The average Bonchev–Trinajstić information content (AvgIpc) is 3.10. The molecule has 1 aliphatic rings. The Morgan fingerprint density at radius 1 is 1.00 bits per heavy atom. The van der Waals surface area contributed by atoms with Crippen molar-refractivity contribution in [1.29, 1.82) is 0 Å². The quantitative estimate of drug-likeness (QED) is 0.802. The molecule has 0 fully saturated rings. The average molecular weight is 364 g/mol. The number of hydrogen-bond acceptors (Lipinski definition) is 3. The lowest BCUT2D eigenvalue weighted by molar-refractivity contribution is -0.124. The summed E-state index contributed by atoms with van der Waals surface area (Å²) >= 11 is 0. The van der Waals surface area contributed by atoms with Crippen LogP contribution in [0.1, 0.15) is 39.9 Å². The first-order valence-corrected chi connectivity index (χ1v) is 9.21. The summed E-state index contributed by atoms with van der Waals surface area (Å²) in [6.45, 7) is 4.54. The molecule has 5 nitrogen and oxygen atoms in total. The van der Waals surface area contributed by atoms with Crippen LogP contribution in [0.3, 0.4) is 0 Å². The van der Waals surface area contributed by atoms with Crippen molar-refractivity contribution in [3.8, 4) is 0 Å². The fourth-order valence-electron chi connectivity index (χ4n) is 3.24. The van der Waals surface area contributed by atoms with Crippen molar-refractivity contribution in [2.45, 2.75) is 33.1 Å². The van der Waals surface area contributed by atoms with Crippen LogP contribution < -0.4 is 10.2 Å². The number of hydrogen-bond donors (Lipinski definition) is 1. The van der Waals surface area contributed by atoms with E-state index in [4.69, 9.17) is 0 Å². The van der Waals surface area contributed by atoms with E-state index in [1.807, 2.05) is 50.2 Å². The highest BCUT2D eigenvalue weighted by Crippen LogP contribution is 2.27. The van der Waals surface area contributed by atoms with Gasteiger partial charge in [-0.2, -0.15) is 0 Å². The number of benzene rings is 2. The number of rotatable bonds is 6. The van der Waals surface area contributed by atoms with Crippen LogP contribution in [0.5, 0.6) is 0 Å². The molecule has 27 heavy (non-hydrogen) atoms. The number of aryl methyl sites for hydroxylation is 2. The molecular weight excluding hydrogens is 340 g/mol. The third-order valence-corrected chi connectivity index (χ3v) is 5.03. The Hall–Kier alpha value is -2.95. The van der Waals surface area contributed by atoms with Gasteiger partial charge in [-0.25, -0.2) is 0 Å². The molecule has 1 N–H and O–H groups in total. The van der Waals surface area contributed by atoms with Gasteiger partial charge >= 0.3 is 0 Å². The number of Topliss-reactive ketones (excluding diaryl/α,β-unsaturated/α-hetero) is 1. The van der Waals surface area contributed by atoms with E-state index < -0.39 is 0 Å². The van der Waals surface area contributed by atoms with Crippen LogP contribution in [0.15, 0.2) is 42.5 Å². The number of fused-ring (bicyclic) bond motifs is 1. The number of para-hydroxylation sites is 1. The minimum absolute atomic E-state index is 0.0506. The van der Waals surface area contributed by atoms with E-state index in [9.17, 15) is 14.4 Å². The highest BCUT2D eigenvalue weighted by molar-refractivity contribution is 6.00. The standard InChI is InChI=1S/C22H24N2O3/c1-15-7-8-18(13-16(15)2)20(25)9-10-21(26)23-14-22(27)24-12-11-17-5-3-4-6-19(17)24/h3-8,13H,9-12,14H2,1-2H3,(H,23,26). The maximum absolute atomic E-state index is 12.4. The molecule has 5 heteroatoms. The fourth-order valence-corrected chi connectivity index (χ4v) is 3.24. The Labute approximate surface area is 159 Å². The number of anilines is 1. The van der Waals surface area contributed by atoms with Crippen LogP contribution >= 0.6 is 0 Å². The number of ketones is 1. The lowest BCUT2D eigenvalue weighted by atomic mass is 10.0. The predicted molar refractivity (Wildman–Crippen MR) is 105 cm³/mol. The van der Waals surface area contributed by atoms with Gasteiger partial charge in [0.25, 0.3) is 0 Å². The summed E-state index contributed by atoms with van der Waals surface area (Å²) in [5, 5.41) is 2.64. The third kappa shape index (κ3) is 4.42. The van der Waals surface area contributed by atoms with E-state index in [-0.39, 0.29) is 37.0 Å². The number of carbonyl (C=O) groups is 3. The molecule has 0 saturated heterocycles. The zero-order valence-corrected chi connectivity index (χ0v) is 15.7. The summed E-state index contributed by atoms with van der Waals surface area (Å²) in [4.78, 5) is 38.4. The zero-order valence-electron chi connectivity index (χ0n) is 15.7.